The van der Waals surface area contributed by atoms with Gasteiger partial charge in [0.15, 0.2) is 0 Å². The van der Waals surface area contributed by atoms with Gasteiger partial charge in [0, 0.05) is 15.8 Å². The molecule has 1 aliphatic heterocycles. The van der Waals surface area contributed by atoms with Crippen LogP contribution in [0, 0.1) is 0 Å². The van der Waals surface area contributed by atoms with Gasteiger partial charge in [-0.1, -0.05) is 12.5 Å². The van der Waals surface area contributed by atoms with Gasteiger partial charge in [0.2, 0.25) is 0 Å². The number of nitrogens with one attached hydrogen (secondary N) is 1. The van der Waals surface area contributed by atoms with E-state index in [2.05, 4.69) is 36.0 Å². The molecule has 0 saturated carbocycles. The normalized spacial score (nSPS) is 21.0. The number of hydrogen-bond donors (Lipinski definition) is 1. The van der Waals surface area contributed by atoms with E-state index in [1.807, 2.05) is 23.5 Å². The zero-order valence-corrected chi connectivity index (χ0v) is 11.6. The van der Waals surface area contributed by atoms with Crippen molar-refractivity contribution in [3.05, 3.63) is 23.8 Å². The van der Waals surface area contributed by atoms with E-state index in [0.29, 0.717) is 6.04 Å². The third-order valence-electron chi connectivity index (χ3n) is 3.13. The Balaban J connectivity index is 2.24. The van der Waals surface area contributed by atoms with Crippen molar-refractivity contribution in [3.8, 4) is 0 Å². The summed E-state index contributed by atoms with van der Waals surface area (Å²) in [6, 6.07) is 7.45. The third-order valence-corrected chi connectivity index (χ3v) is 4.65. The van der Waals surface area contributed by atoms with E-state index in [1.54, 1.807) is 0 Å². The average Bonchev–Trinajstić information content (AvgIpc) is 2.39. The molecule has 1 aliphatic rings. The van der Waals surface area contributed by atoms with Crippen LogP contribution in [-0.2, 0) is 0 Å². The first-order chi connectivity index (χ1) is 7.85. The van der Waals surface area contributed by atoms with E-state index in [-0.39, 0.29) is 0 Å². The predicted octanol–water partition coefficient (Wildman–Crippen LogP) is 3.95. The molecule has 0 aromatic heterocycles. The van der Waals surface area contributed by atoms with Crippen molar-refractivity contribution >= 4 is 23.5 Å². The van der Waals surface area contributed by atoms with Gasteiger partial charge in [-0.25, -0.2) is 0 Å². The number of thioether (sulfide) groups is 2. The number of rotatable bonds is 3. The van der Waals surface area contributed by atoms with Gasteiger partial charge >= 0.3 is 0 Å². The number of hydrogen-bond acceptors (Lipinski definition) is 3. The maximum Gasteiger partial charge on any atom is 0.0331 e. The van der Waals surface area contributed by atoms with Crippen LogP contribution in [0.2, 0.25) is 0 Å². The molecule has 1 aromatic rings. The Bertz CT molecular complexity index is 346. The first-order valence-electron chi connectivity index (χ1n) is 5.80. The summed E-state index contributed by atoms with van der Waals surface area (Å²) in [5, 5.41) is 3.63. The molecule has 1 heterocycles. The minimum atomic E-state index is 0.576. The highest BCUT2D eigenvalue weighted by molar-refractivity contribution is 7.99. The Morgan fingerprint density at radius 3 is 2.69 bits per heavy atom. The van der Waals surface area contributed by atoms with Crippen molar-refractivity contribution in [3.63, 3.8) is 0 Å². The van der Waals surface area contributed by atoms with Crippen LogP contribution in [0.5, 0.6) is 0 Å². The first kappa shape index (κ1) is 12.3. The van der Waals surface area contributed by atoms with E-state index in [0.717, 1.165) is 0 Å². The molecule has 16 heavy (non-hydrogen) atoms. The van der Waals surface area contributed by atoms with Crippen molar-refractivity contribution in [2.75, 3.05) is 19.1 Å². The molecular weight excluding hydrogens is 234 g/mol. The smallest absolute Gasteiger partial charge is 0.0331 e. The Kier molecular flexibility index (Phi) is 4.62. The summed E-state index contributed by atoms with van der Waals surface area (Å²) in [7, 11) is 0. The maximum absolute atomic E-state index is 3.63. The SMILES string of the molecule is CSc1ccc(C2CCCCN2)c(SC)c1. The number of piperidine rings is 1. The molecule has 1 atom stereocenters. The quantitative estimate of drug-likeness (QED) is 0.819. The standard InChI is InChI=1S/C13H19NS2/c1-15-10-6-7-11(13(9-10)16-2)12-5-3-4-8-14-12/h6-7,9,12,14H,3-5,8H2,1-2H3. The molecule has 1 N–H and O–H groups in total. The van der Waals surface area contributed by atoms with Crippen LogP contribution in [0.15, 0.2) is 28.0 Å². The third kappa shape index (κ3) is 2.76. The molecule has 0 aliphatic carbocycles. The summed E-state index contributed by atoms with van der Waals surface area (Å²) in [4.78, 5) is 2.80. The Morgan fingerprint density at radius 2 is 2.06 bits per heavy atom. The Morgan fingerprint density at radius 1 is 1.19 bits per heavy atom. The van der Waals surface area contributed by atoms with Crippen molar-refractivity contribution in [1.29, 1.82) is 0 Å². The van der Waals surface area contributed by atoms with Crippen molar-refractivity contribution in [2.45, 2.75) is 35.1 Å². The lowest BCUT2D eigenvalue weighted by Crippen LogP contribution is -2.27. The summed E-state index contributed by atoms with van der Waals surface area (Å²) in [6.45, 7) is 1.17. The van der Waals surface area contributed by atoms with Crippen LogP contribution in [0.25, 0.3) is 0 Å². The summed E-state index contributed by atoms with van der Waals surface area (Å²) < 4.78 is 0. The largest absolute Gasteiger partial charge is 0.310 e. The van der Waals surface area contributed by atoms with Gasteiger partial charge in [-0.15, -0.1) is 23.5 Å². The lowest BCUT2D eigenvalue weighted by molar-refractivity contribution is 0.408. The molecule has 1 fully saturated rings. The summed E-state index contributed by atoms with van der Waals surface area (Å²) in [5.41, 5.74) is 1.49. The van der Waals surface area contributed by atoms with E-state index in [9.17, 15) is 0 Å². The molecule has 1 nitrogen and oxygen atoms in total. The molecule has 88 valence electrons. The zero-order chi connectivity index (χ0) is 11.4. The molecule has 1 aromatic carbocycles. The van der Waals surface area contributed by atoms with Gasteiger partial charge < -0.3 is 5.32 Å². The minimum Gasteiger partial charge on any atom is -0.310 e. The molecule has 1 unspecified atom stereocenters. The molecule has 0 amide bonds. The second kappa shape index (κ2) is 5.99. The van der Waals surface area contributed by atoms with Crippen LogP contribution >= 0.6 is 23.5 Å². The molecule has 3 heteroatoms. The van der Waals surface area contributed by atoms with Gasteiger partial charge in [0.25, 0.3) is 0 Å². The number of benzene rings is 1. The molecule has 0 spiro atoms. The molecule has 0 radical (unpaired) electrons. The fourth-order valence-electron chi connectivity index (χ4n) is 2.22. The summed E-state index contributed by atoms with van der Waals surface area (Å²) in [6.07, 6.45) is 8.28. The van der Waals surface area contributed by atoms with Gasteiger partial charge in [-0.2, -0.15) is 0 Å². The highest BCUT2D eigenvalue weighted by Gasteiger charge is 2.17. The monoisotopic (exact) mass is 253 g/mol. The van der Waals surface area contributed by atoms with Gasteiger partial charge in [0.1, 0.15) is 0 Å². The van der Waals surface area contributed by atoms with Crippen molar-refractivity contribution in [1.82, 2.24) is 5.32 Å². The Hall–Kier alpha value is -0.120. The lowest BCUT2D eigenvalue weighted by Gasteiger charge is -2.25. The highest BCUT2D eigenvalue weighted by atomic mass is 32.2. The van der Waals surface area contributed by atoms with E-state index >= 15 is 0 Å². The second-order valence-corrected chi connectivity index (χ2v) is 5.84. The molecule has 1 saturated heterocycles. The van der Waals surface area contributed by atoms with Gasteiger partial charge in [-0.05, 0) is 49.6 Å². The van der Waals surface area contributed by atoms with Gasteiger partial charge in [-0.3, -0.25) is 0 Å². The van der Waals surface area contributed by atoms with E-state index < -0.39 is 0 Å². The summed E-state index contributed by atoms with van der Waals surface area (Å²) >= 11 is 3.69. The molecular formula is C13H19NS2. The van der Waals surface area contributed by atoms with Crippen LogP contribution in [0.3, 0.4) is 0 Å². The van der Waals surface area contributed by atoms with Crippen molar-refractivity contribution < 1.29 is 0 Å². The second-order valence-electron chi connectivity index (χ2n) is 4.11. The Labute approximate surface area is 107 Å². The molecule has 2 rings (SSSR count). The first-order valence-corrected chi connectivity index (χ1v) is 8.25. The van der Waals surface area contributed by atoms with E-state index in [4.69, 9.17) is 0 Å². The van der Waals surface area contributed by atoms with Gasteiger partial charge in [0.05, 0.1) is 0 Å². The van der Waals surface area contributed by atoms with Crippen LogP contribution in [0.1, 0.15) is 30.9 Å². The summed E-state index contributed by atoms with van der Waals surface area (Å²) in [5.74, 6) is 0. The average molecular weight is 253 g/mol. The van der Waals surface area contributed by atoms with E-state index in [1.165, 1.54) is 41.2 Å². The van der Waals surface area contributed by atoms with Crippen molar-refractivity contribution in [2.24, 2.45) is 0 Å². The highest BCUT2D eigenvalue weighted by Crippen LogP contribution is 2.33. The maximum atomic E-state index is 3.63. The topological polar surface area (TPSA) is 12.0 Å². The van der Waals surface area contributed by atoms with Crippen LogP contribution in [0.4, 0.5) is 0 Å². The fourth-order valence-corrected chi connectivity index (χ4v) is 3.43. The predicted molar refractivity (Wildman–Crippen MR) is 74.6 cm³/mol. The lowest BCUT2D eigenvalue weighted by atomic mass is 9.97. The van der Waals surface area contributed by atoms with Crippen LogP contribution < -0.4 is 5.32 Å². The molecule has 0 bridgehead atoms. The fraction of sp³-hybridized carbons (Fsp3) is 0.538. The zero-order valence-electron chi connectivity index (χ0n) is 9.95. The minimum absolute atomic E-state index is 0.576. The van der Waals surface area contributed by atoms with Crippen LogP contribution in [-0.4, -0.2) is 19.1 Å².